The van der Waals surface area contributed by atoms with Gasteiger partial charge in [-0.05, 0) is 42.8 Å². The third-order valence-corrected chi connectivity index (χ3v) is 4.81. The minimum Gasteiger partial charge on any atom is -0.462 e. The van der Waals surface area contributed by atoms with Gasteiger partial charge in [-0.2, -0.15) is 5.26 Å². The normalized spacial score (nSPS) is 11.1. The molecule has 0 bridgehead atoms. The summed E-state index contributed by atoms with van der Waals surface area (Å²) in [6, 6.07) is 15.8. The first-order valence-corrected chi connectivity index (χ1v) is 9.96. The van der Waals surface area contributed by atoms with Crippen molar-refractivity contribution in [1.82, 2.24) is 0 Å². The van der Waals surface area contributed by atoms with Crippen LogP contribution in [-0.2, 0) is 4.74 Å². The fraction of sp³-hybridized carbons (Fsp3) is 0.0909. The minimum atomic E-state index is -0.656. The van der Waals surface area contributed by atoms with Crippen molar-refractivity contribution in [2.75, 3.05) is 11.9 Å². The van der Waals surface area contributed by atoms with Crippen LogP contribution in [0.15, 0.2) is 52.9 Å². The number of rotatable bonds is 6. The molecule has 0 spiro atoms. The Morgan fingerprint density at radius 3 is 2.50 bits per heavy atom. The van der Waals surface area contributed by atoms with E-state index >= 15 is 0 Å². The lowest BCUT2D eigenvalue weighted by Gasteiger charge is -2.06. The van der Waals surface area contributed by atoms with Gasteiger partial charge >= 0.3 is 5.97 Å². The first-order valence-electron chi connectivity index (χ1n) is 8.82. The Morgan fingerprint density at radius 2 is 1.87 bits per heavy atom. The molecule has 0 saturated heterocycles. The highest BCUT2D eigenvalue weighted by atomic mass is 35.5. The van der Waals surface area contributed by atoms with Crippen molar-refractivity contribution in [2.45, 2.75) is 6.92 Å². The second-order valence-electron chi connectivity index (χ2n) is 6.02. The van der Waals surface area contributed by atoms with Crippen molar-refractivity contribution >= 4 is 64.0 Å². The zero-order valence-corrected chi connectivity index (χ0v) is 18.0. The van der Waals surface area contributed by atoms with E-state index in [4.69, 9.17) is 44.0 Å². The van der Waals surface area contributed by atoms with Crippen molar-refractivity contribution in [3.63, 3.8) is 0 Å². The van der Waals surface area contributed by atoms with E-state index in [0.717, 1.165) is 0 Å². The molecule has 0 aliphatic carbocycles. The number of furan rings is 1. The molecule has 1 heterocycles. The van der Waals surface area contributed by atoms with Crippen molar-refractivity contribution in [2.24, 2.45) is 0 Å². The summed E-state index contributed by atoms with van der Waals surface area (Å²) < 4.78 is 10.9. The van der Waals surface area contributed by atoms with Gasteiger partial charge in [0.25, 0.3) is 0 Å². The maximum Gasteiger partial charge on any atom is 0.345 e. The summed E-state index contributed by atoms with van der Waals surface area (Å²) in [5, 5.41) is 13.6. The van der Waals surface area contributed by atoms with Gasteiger partial charge in [-0.15, -0.1) is 0 Å². The number of carbonyl (C=O) groups is 1. The molecule has 3 aromatic rings. The number of benzene rings is 2. The number of allylic oxidation sites excluding steroid dienone is 1. The van der Waals surface area contributed by atoms with Gasteiger partial charge in [0.2, 0.25) is 5.88 Å². The van der Waals surface area contributed by atoms with Crippen molar-refractivity contribution in [3.05, 3.63) is 80.5 Å². The molecule has 30 heavy (non-hydrogen) atoms. The summed E-state index contributed by atoms with van der Waals surface area (Å²) in [5.74, 6) is -0.451. The molecule has 2 aromatic carbocycles. The van der Waals surface area contributed by atoms with Crippen LogP contribution in [0.2, 0.25) is 15.1 Å². The minimum absolute atomic E-state index is 0.0211. The maximum absolute atomic E-state index is 12.5. The number of nitrogens with one attached hydrogen (secondary N) is 1. The van der Waals surface area contributed by atoms with E-state index in [1.54, 1.807) is 55.5 Å². The van der Waals surface area contributed by atoms with E-state index in [2.05, 4.69) is 11.4 Å². The van der Waals surface area contributed by atoms with Gasteiger partial charge in [-0.3, -0.25) is 0 Å². The van der Waals surface area contributed by atoms with E-state index in [1.807, 2.05) is 0 Å². The fourth-order valence-corrected chi connectivity index (χ4v) is 3.30. The zero-order valence-electron chi connectivity index (χ0n) is 15.7. The van der Waals surface area contributed by atoms with Gasteiger partial charge in [0, 0.05) is 21.8 Å². The van der Waals surface area contributed by atoms with Gasteiger partial charge in [-0.1, -0.05) is 53.0 Å². The second kappa shape index (κ2) is 9.73. The number of hydrogen-bond acceptors (Lipinski definition) is 5. The number of anilines is 2. The number of ether oxygens (including phenoxy) is 1. The SMILES string of the molecule is CCOC(=O)c1c(Nc2cccc(Cl)c2)oc(/C=C(\C#N)c2cccc(Cl)c2)c1Cl. The summed E-state index contributed by atoms with van der Waals surface area (Å²) >= 11 is 18.5. The molecule has 0 atom stereocenters. The number of carbonyl (C=O) groups excluding carboxylic acids is 1. The average Bonchev–Trinajstić information content (AvgIpc) is 3.01. The molecule has 0 unspecified atom stereocenters. The molecule has 8 heteroatoms. The molecule has 1 aromatic heterocycles. The van der Waals surface area contributed by atoms with Gasteiger partial charge < -0.3 is 14.5 Å². The Balaban J connectivity index is 2.09. The Bertz CT molecular complexity index is 1160. The molecule has 0 aliphatic rings. The molecule has 0 aliphatic heterocycles. The average molecular weight is 462 g/mol. The Kier molecular flexibility index (Phi) is 7.07. The Hall–Kier alpha value is -2.91. The number of hydrogen-bond donors (Lipinski definition) is 1. The van der Waals surface area contributed by atoms with Crippen molar-refractivity contribution < 1.29 is 13.9 Å². The smallest absolute Gasteiger partial charge is 0.345 e. The standard InChI is InChI=1S/C22H15Cl3N2O3/c1-2-29-22(28)19-20(25)18(10-14(12-26)13-5-3-6-15(23)9-13)30-21(19)27-17-8-4-7-16(24)11-17/h3-11,27H,2H2,1H3/b14-10+. The predicted octanol–water partition coefficient (Wildman–Crippen LogP) is 7.22. The summed E-state index contributed by atoms with van der Waals surface area (Å²) in [6.45, 7) is 1.85. The molecule has 0 amide bonds. The Labute approximate surface area is 188 Å². The number of halogens is 3. The highest BCUT2D eigenvalue weighted by Crippen LogP contribution is 2.37. The lowest BCUT2D eigenvalue weighted by Crippen LogP contribution is -2.06. The summed E-state index contributed by atoms with van der Waals surface area (Å²) in [7, 11) is 0. The van der Waals surface area contributed by atoms with Crippen LogP contribution in [0, 0.1) is 11.3 Å². The highest BCUT2D eigenvalue weighted by Gasteiger charge is 2.26. The van der Waals surface area contributed by atoms with Crippen LogP contribution in [-0.4, -0.2) is 12.6 Å². The summed E-state index contributed by atoms with van der Waals surface area (Å²) in [4.78, 5) is 12.5. The molecule has 5 nitrogen and oxygen atoms in total. The van der Waals surface area contributed by atoms with Crippen molar-refractivity contribution in [1.29, 1.82) is 5.26 Å². The molecule has 0 saturated carbocycles. The molecule has 0 fully saturated rings. The van der Waals surface area contributed by atoms with Crippen LogP contribution in [0.4, 0.5) is 11.6 Å². The van der Waals surface area contributed by atoms with Gasteiger partial charge in [-0.25, -0.2) is 4.79 Å². The van der Waals surface area contributed by atoms with E-state index in [9.17, 15) is 10.1 Å². The molecule has 0 radical (unpaired) electrons. The number of nitriles is 1. The lowest BCUT2D eigenvalue weighted by atomic mass is 10.1. The number of esters is 1. The molecular weight excluding hydrogens is 447 g/mol. The third kappa shape index (κ3) is 4.98. The number of nitrogens with zero attached hydrogens (tertiary/aromatic N) is 1. The van der Waals surface area contributed by atoms with E-state index in [0.29, 0.717) is 21.3 Å². The van der Waals surface area contributed by atoms with Crippen LogP contribution in [0.3, 0.4) is 0 Å². The van der Waals surface area contributed by atoms with Gasteiger partial charge in [0.1, 0.15) is 16.3 Å². The van der Waals surface area contributed by atoms with Gasteiger partial charge in [0.15, 0.2) is 0 Å². The van der Waals surface area contributed by atoms with Crippen LogP contribution >= 0.6 is 34.8 Å². The highest BCUT2D eigenvalue weighted by molar-refractivity contribution is 6.36. The molecule has 3 rings (SSSR count). The van der Waals surface area contributed by atoms with Crippen molar-refractivity contribution in [3.8, 4) is 6.07 Å². The monoisotopic (exact) mass is 460 g/mol. The largest absolute Gasteiger partial charge is 0.462 e. The van der Waals surface area contributed by atoms with Crippen LogP contribution < -0.4 is 5.32 Å². The summed E-state index contributed by atoms with van der Waals surface area (Å²) in [6.07, 6.45) is 1.44. The van der Waals surface area contributed by atoms with Gasteiger partial charge in [0.05, 0.1) is 18.2 Å². The second-order valence-corrected chi connectivity index (χ2v) is 7.27. The first-order chi connectivity index (χ1) is 14.4. The fourth-order valence-electron chi connectivity index (χ4n) is 2.66. The first kappa shape index (κ1) is 21.8. The van der Waals surface area contributed by atoms with E-state index < -0.39 is 5.97 Å². The molecular formula is C22H15Cl3N2O3. The molecule has 1 N–H and O–H groups in total. The lowest BCUT2D eigenvalue weighted by molar-refractivity contribution is 0.0527. The summed E-state index contributed by atoms with van der Waals surface area (Å²) in [5.41, 5.74) is 1.45. The quantitative estimate of drug-likeness (QED) is 0.310. The Morgan fingerprint density at radius 1 is 1.17 bits per heavy atom. The predicted molar refractivity (Wildman–Crippen MR) is 119 cm³/mol. The topological polar surface area (TPSA) is 75.3 Å². The van der Waals surface area contributed by atoms with E-state index in [1.165, 1.54) is 6.08 Å². The third-order valence-electron chi connectivity index (χ3n) is 3.97. The van der Waals surface area contributed by atoms with E-state index in [-0.39, 0.29) is 34.4 Å². The van der Waals surface area contributed by atoms with Crippen LogP contribution in [0.25, 0.3) is 11.6 Å². The van der Waals surface area contributed by atoms with Crippen LogP contribution in [0.5, 0.6) is 0 Å². The molecule has 152 valence electrons. The maximum atomic E-state index is 12.5. The zero-order chi connectivity index (χ0) is 21.7. The van der Waals surface area contributed by atoms with Crippen LogP contribution in [0.1, 0.15) is 28.6 Å².